The van der Waals surface area contributed by atoms with Crippen molar-refractivity contribution in [3.63, 3.8) is 0 Å². The fraction of sp³-hybridized carbons (Fsp3) is 0.500. The number of benzene rings is 1. The molecule has 9 heteroatoms. The molecule has 1 aromatic heterocycles. The van der Waals surface area contributed by atoms with Gasteiger partial charge in [-0.15, -0.1) is 0 Å². The van der Waals surface area contributed by atoms with Crippen LogP contribution < -0.4 is 10.0 Å². The molecule has 2 heterocycles. The summed E-state index contributed by atoms with van der Waals surface area (Å²) < 4.78 is 36.8. The van der Waals surface area contributed by atoms with Gasteiger partial charge in [0.15, 0.2) is 11.5 Å². The van der Waals surface area contributed by atoms with Crippen LogP contribution >= 0.6 is 0 Å². The number of amides is 1. The number of sulfonamides is 1. The summed E-state index contributed by atoms with van der Waals surface area (Å²) in [7, 11) is -3.39. The fourth-order valence-electron chi connectivity index (χ4n) is 3.71. The molecule has 1 amide bonds. The van der Waals surface area contributed by atoms with E-state index in [1.807, 2.05) is 0 Å². The van der Waals surface area contributed by atoms with E-state index in [1.165, 1.54) is 0 Å². The van der Waals surface area contributed by atoms with Crippen LogP contribution in [0.3, 0.4) is 0 Å². The number of oxazole rings is 1. The minimum absolute atomic E-state index is 0.124. The Labute approximate surface area is 145 Å². The number of aryl methyl sites for hydroxylation is 1. The molecule has 0 unspecified atom stereocenters. The van der Waals surface area contributed by atoms with E-state index < -0.39 is 16.1 Å². The lowest BCUT2D eigenvalue weighted by atomic mass is 9.72. The molecule has 8 nitrogen and oxygen atoms in total. The van der Waals surface area contributed by atoms with Crippen molar-refractivity contribution >= 4 is 27.0 Å². The smallest absolute Gasteiger partial charge is 0.251 e. The predicted molar refractivity (Wildman–Crippen MR) is 89.6 cm³/mol. The first-order valence-electron chi connectivity index (χ1n) is 8.09. The third-order valence-electron chi connectivity index (χ3n) is 4.79. The van der Waals surface area contributed by atoms with Gasteiger partial charge in [0, 0.05) is 25.0 Å². The fourth-order valence-corrected chi connectivity index (χ4v) is 4.48. The molecule has 0 bridgehead atoms. The number of ether oxygens (including phenoxy) is 1. The first-order valence-corrected chi connectivity index (χ1v) is 9.98. The average Bonchev–Trinajstić information content (AvgIpc) is 3.11. The van der Waals surface area contributed by atoms with Crippen LogP contribution in [0.25, 0.3) is 11.1 Å². The van der Waals surface area contributed by atoms with E-state index in [1.54, 1.807) is 25.1 Å². The van der Waals surface area contributed by atoms with E-state index in [9.17, 15) is 13.2 Å². The summed E-state index contributed by atoms with van der Waals surface area (Å²) in [5, 5.41) is 2.94. The average molecular weight is 365 g/mol. The SMILES string of the molecule is Cc1nc2ccc(C(=O)N[C@H]3[C@H]4CCO[C@H]4[C@@H]3NS(C)(=O)=O)cc2o1. The number of nitrogens with zero attached hydrogens (tertiary/aromatic N) is 1. The van der Waals surface area contributed by atoms with Crippen LogP contribution in [0.5, 0.6) is 0 Å². The monoisotopic (exact) mass is 365 g/mol. The maximum Gasteiger partial charge on any atom is 0.251 e. The van der Waals surface area contributed by atoms with Gasteiger partial charge in [0.05, 0.1) is 24.4 Å². The molecule has 4 atom stereocenters. The summed E-state index contributed by atoms with van der Waals surface area (Å²) in [5.74, 6) is 0.390. The van der Waals surface area contributed by atoms with Gasteiger partial charge in [-0.1, -0.05) is 0 Å². The molecule has 25 heavy (non-hydrogen) atoms. The Morgan fingerprint density at radius 1 is 1.32 bits per heavy atom. The third-order valence-corrected chi connectivity index (χ3v) is 5.49. The zero-order chi connectivity index (χ0) is 17.8. The van der Waals surface area contributed by atoms with Crippen LogP contribution in [0.1, 0.15) is 22.7 Å². The summed E-state index contributed by atoms with van der Waals surface area (Å²) in [6.45, 7) is 2.32. The van der Waals surface area contributed by atoms with Gasteiger partial charge in [-0.25, -0.2) is 18.1 Å². The normalized spacial score (nSPS) is 28.6. The molecule has 1 saturated carbocycles. The molecule has 2 fully saturated rings. The van der Waals surface area contributed by atoms with E-state index in [-0.39, 0.29) is 24.0 Å². The molecular formula is C16H19N3O5S. The summed E-state index contributed by atoms with van der Waals surface area (Å²) in [4.78, 5) is 16.8. The molecule has 134 valence electrons. The number of aromatic nitrogens is 1. The van der Waals surface area contributed by atoms with Gasteiger partial charge < -0.3 is 14.5 Å². The van der Waals surface area contributed by atoms with Gasteiger partial charge in [-0.2, -0.15) is 0 Å². The van der Waals surface area contributed by atoms with Crippen LogP contribution in [0.4, 0.5) is 0 Å². The largest absolute Gasteiger partial charge is 0.441 e. The standard InChI is InChI=1S/C16H19N3O5S/c1-8-17-11-4-3-9(7-12(11)24-8)16(20)18-13-10-5-6-23-15(10)14(13)19-25(2,21)22/h3-4,7,10,13-15,19H,5-6H2,1-2H3,(H,18,20)/t10-,13+,14-,15-/m1/s1. The summed E-state index contributed by atoms with van der Waals surface area (Å²) in [6.07, 6.45) is 1.73. The maximum absolute atomic E-state index is 12.6. The Balaban J connectivity index is 1.53. The Morgan fingerprint density at radius 2 is 2.12 bits per heavy atom. The van der Waals surface area contributed by atoms with E-state index in [2.05, 4.69) is 15.0 Å². The number of fused-ring (bicyclic) bond motifs is 2. The van der Waals surface area contributed by atoms with Crippen LogP contribution in [0.15, 0.2) is 22.6 Å². The summed E-state index contributed by atoms with van der Waals surface area (Å²) >= 11 is 0. The molecule has 4 rings (SSSR count). The lowest BCUT2D eigenvalue weighted by molar-refractivity contribution is -0.0194. The Kier molecular flexibility index (Phi) is 3.82. The van der Waals surface area contributed by atoms with Crippen LogP contribution in [0, 0.1) is 12.8 Å². The van der Waals surface area contributed by atoms with E-state index in [0.29, 0.717) is 29.2 Å². The molecule has 2 N–H and O–H groups in total. The second-order valence-electron chi connectivity index (χ2n) is 6.62. The molecule has 1 aliphatic heterocycles. The van der Waals surface area contributed by atoms with E-state index in [4.69, 9.17) is 9.15 Å². The van der Waals surface area contributed by atoms with Crippen molar-refractivity contribution < 1.29 is 22.4 Å². The second-order valence-corrected chi connectivity index (χ2v) is 8.40. The van der Waals surface area contributed by atoms with Crippen molar-refractivity contribution in [2.75, 3.05) is 12.9 Å². The first-order chi connectivity index (χ1) is 11.8. The quantitative estimate of drug-likeness (QED) is 0.820. The van der Waals surface area contributed by atoms with Crippen molar-refractivity contribution in [2.45, 2.75) is 31.5 Å². The van der Waals surface area contributed by atoms with Crippen molar-refractivity contribution in [1.82, 2.24) is 15.0 Å². The Bertz CT molecular complexity index is 938. The summed E-state index contributed by atoms with van der Waals surface area (Å²) in [5.41, 5.74) is 1.69. The molecule has 2 aromatic rings. The van der Waals surface area contributed by atoms with E-state index in [0.717, 1.165) is 12.7 Å². The summed E-state index contributed by atoms with van der Waals surface area (Å²) in [6, 6.07) is 4.32. The van der Waals surface area contributed by atoms with Crippen molar-refractivity contribution in [3.05, 3.63) is 29.7 Å². The molecule has 0 spiro atoms. The third kappa shape index (κ3) is 3.03. The van der Waals surface area contributed by atoms with Gasteiger partial charge in [-0.05, 0) is 24.6 Å². The number of nitrogens with one attached hydrogen (secondary N) is 2. The van der Waals surface area contributed by atoms with Gasteiger partial charge in [-0.3, -0.25) is 4.79 Å². The highest BCUT2D eigenvalue weighted by Crippen LogP contribution is 2.39. The number of rotatable bonds is 4. The van der Waals surface area contributed by atoms with Crippen LogP contribution in [0.2, 0.25) is 0 Å². The maximum atomic E-state index is 12.6. The Hall–Kier alpha value is -1.97. The number of hydrogen-bond acceptors (Lipinski definition) is 6. The molecular weight excluding hydrogens is 346 g/mol. The molecule has 1 aliphatic carbocycles. The zero-order valence-corrected chi connectivity index (χ0v) is 14.7. The highest BCUT2D eigenvalue weighted by molar-refractivity contribution is 7.88. The zero-order valence-electron chi connectivity index (χ0n) is 13.9. The minimum atomic E-state index is -3.39. The van der Waals surface area contributed by atoms with Gasteiger partial charge in [0.25, 0.3) is 5.91 Å². The predicted octanol–water partition coefficient (Wildman–Crippen LogP) is 0.571. The van der Waals surface area contributed by atoms with E-state index >= 15 is 0 Å². The van der Waals surface area contributed by atoms with Gasteiger partial charge in [0.1, 0.15) is 5.52 Å². The van der Waals surface area contributed by atoms with Gasteiger partial charge >= 0.3 is 0 Å². The van der Waals surface area contributed by atoms with Crippen molar-refractivity contribution in [2.24, 2.45) is 5.92 Å². The molecule has 2 aliphatic rings. The highest BCUT2D eigenvalue weighted by atomic mass is 32.2. The number of hydrogen-bond donors (Lipinski definition) is 2. The number of carbonyl (C=O) groups is 1. The number of carbonyl (C=O) groups excluding carboxylic acids is 1. The lowest BCUT2D eigenvalue weighted by Gasteiger charge is -2.47. The lowest BCUT2D eigenvalue weighted by Crippen LogP contribution is -2.70. The van der Waals surface area contributed by atoms with Crippen LogP contribution in [-0.4, -0.2) is 50.4 Å². The van der Waals surface area contributed by atoms with Crippen molar-refractivity contribution in [1.29, 1.82) is 0 Å². The molecule has 0 radical (unpaired) electrons. The Morgan fingerprint density at radius 3 is 2.88 bits per heavy atom. The molecule has 1 saturated heterocycles. The van der Waals surface area contributed by atoms with Crippen LogP contribution in [-0.2, 0) is 14.8 Å². The first kappa shape index (κ1) is 16.5. The van der Waals surface area contributed by atoms with Crippen molar-refractivity contribution in [3.8, 4) is 0 Å². The second kappa shape index (κ2) is 5.79. The molecule has 1 aromatic carbocycles. The highest BCUT2D eigenvalue weighted by Gasteiger charge is 2.55. The topological polar surface area (TPSA) is 111 Å². The minimum Gasteiger partial charge on any atom is -0.441 e. The van der Waals surface area contributed by atoms with Gasteiger partial charge in [0.2, 0.25) is 10.0 Å².